The maximum atomic E-state index is 13.0. The van der Waals surface area contributed by atoms with E-state index in [9.17, 15) is 18.5 Å². The predicted molar refractivity (Wildman–Crippen MR) is 105 cm³/mol. The molecule has 152 valence electrons. The largest absolute Gasteiger partial charge is 0.284 e. The minimum Gasteiger partial charge on any atom is -0.258 e. The molecule has 1 fully saturated rings. The lowest BCUT2D eigenvalue weighted by molar-refractivity contribution is -0.388. The molecule has 3 heterocycles. The summed E-state index contributed by atoms with van der Waals surface area (Å²) < 4.78 is 28.8. The molecule has 1 aromatic carbocycles. The Hall–Kier alpha value is -2.57. The fourth-order valence-electron chi connectivity index (χ4n) is 3.17. The van der Waals surface area contributed by atoms with Crippen LogP contribution in [0.4, 0.5) is 5.69 Å². The number of benzene rings is 1. The monoisotopic (exact) mass is 434 g/mol. The average molecular weight is 435 g/mol. The molecule has 12 heteroatoms. The Morgan fingerprint density at radius 3 is 2.59 bits per heavy atom. The van der Waals surface area contributed by atoms with Gasteiger partial charge in [0.1, 0.15) is 0 Å². The molecule has 1 aliphatic heterocycles. The van der Waals surface area contributed by atoms with Crippen molar-refractivity contribution in [2.75, 3.05) is 13.1 Å². The van der Waals surface area contributed by atoms with Crippen LogP contribution in [0, 0.1) is 10.1 Å². The summed E-state index contributed by atoms with van der Waals surface area (Å²) in [6.07, 6.45) is 6.81. The molecular weight excluding hydrogens is 416 g/mol. The fourth-order valence-corrected chi connectivity index (χ4v) is 5.54. The van der Waals surface area contributed by atoms with E-state index < -0.39 is 14.9 Å². The van der Waals surface area contributed by atoms with Crippen molar-refractivity contribution in [2.45, 2.75) is 40.6 Å². The van der Waals surface area contributed by atoms with E-state index in [1.54, 1.807) is 18.5 Å². The van der Waals surface area contributed by atoms with Crippen LogP contribution in [0.25, 0.3) is 5.78 Å². The summed E-state index contributed by atoms with van der Waals surface area (Å²) in [5, 5.41) is 16.1. The van der Waals surface area contributed by atoms with Gasteiger partial charge in [-0.25, -0.2) is 17.9 Å². The average Bonchev–Trinajstić information content (AvgIpc) is 2.90. The lowest BCUT2D eigenvalue weighted by Crippen LogP contribution is -2.31. The number of nitrogens with zero attached hydrogens (tertiary/aromatic N) is 6. The smallest absolute Gasteiger partial charge is 0.258 e. The number of hydrogen-bond donors (Lipinski definition) is 0. The third kappa shape index (κ3) is 4.09. The lowest BCUT2D eigenvalue weighted by atomic mass is 10.2. The Balaban J connectivity index is 1.67. The highest BCUT2D eigenvalue weighted by Gasteiger charge is 2.28. The molecule has 0 spiro atoms. The molecule has 0 atom stereocenters. The van der Waals surface area contributed by atoms with E-state index in [2.05, 4.69) is 15.1 Å². The predicted octanol–water partition coefficient (Wildman–Crippen LogP) is 2.75. The minimum atomic E-state index is -3.78. The molecular formula is C17H18N6O4S2. The van der Waals surface area contributed by atoms with E-state index in [1.165, 1.54) is 21.0 Å². The second kappa shape index (κ2) is 8.05. The Labute approximate surface area is 171 Å². The minimum absolute atomic E-state index is 0.0694. The third-order valence-electron chi connectivity index (χ3n) is 4.63. The summed E-state index contributed by atoms with van der Waals surface area (Å²) in [5.41, 5.74) is -0.294. The molecule has 10 nitrogen and oxygen atoms in total. The van der Waals surface area contributed by atoms with Crippen LogP contribution < -0.4 is 0 Å². The standard InChI is InChI=1S/C17H18N6O4S2/c24-23(25)14-12-13(29(26,27)21-9-3-1-2-4-10-21)6-7-15(14)28-17-19-16-18-8-5-11-22(16)20-17/h5-8,11-12H,1-4,9-10H2. The quantitative estimate of drug-likeness (QED) is 0.443. The van der Waals surface area contributed by atoms with Gasteiger partial charge in [0.15, 0.2) is 0 Å². The van der Waals surface area contributed by atoms with Crippen LogP contribution >= 0.6 is 11.8 Å². The Kier molecular flexibility index (Phi) is 5.48. The third-order valence-corrected chi connectivity index (χ3v) is 7.44. The van der Waals surface area contributed by atoms with Gasteiger partial charge in [-0.05, 0) is 42.8 Å². The molecule has 2 aromatic heterocycles. The van der Waals surface area contributed by atoms with Crippen molar-refractivity contribution in [1.29, 1.82) is 0 Å². The first-order valence-corrected chi connectivity index (χ1v) is 11.3. The van der Waals surface area contributed by atoms with Gasteiger partial charge >= 0.3 is 0 Å². The molecule has 0 radical (unpaired) electrons. The van der Waals surface area contributed by atoms with Crippen molar-refractivity contribution >= 4 is 33.3 Å². The number of sulfonamides is 1. The molecule has 1 saturated heterocycles. The van der Waals surface area contributed by atoms with E-state index in [0.717, 1.165) is 43.5 Å². The fraction of sp³-hybridized carbons (Fsp3) is 0.353. The zero-order chi connectivity index (χ0) is 20.4. The van der Waals surface area contributed by atoms with Gasteiger partial charge in [-0.1, -0.05) is 12.8 Å². The second-order valence-corrected chi connectivity index (χ2v) is 9.51. The van der Waals surface area contributed by atoms with Gasteiger partial charge in [-0.2, -0.15) is 9.29 Å². The van der Waals surface area contributed by atoms with Gasteiger partial charge in [0.05, 0.1) is 14.7 Å². The summed E-state index contributed by atoms with van der Waals surface area (Å²) in [6.45, 7) is 0.871. The molecule has 0 aliphatic carbocycles. The van der Waals surface area contributed by atoms with Crippen LogP contribution in [0.1, 0.15) is 25.7 Å². The van der Waals surface area contributed by atoms with Gasteiger partial charge in [-0.15, -0.1) is 5.10 Å². The van der Waals surface area contributed by atoms with Crippen LogP contribution in [-0.4, -0.2) is 50.3 Å². The van der Waals surface area contributed by atoms with E-state index in [1.807, 2.05) is 0 Å². The van der Waals surface area contributed by atoms with Crippen LogP contribution in [0.3, 0.4) is 0 Å². The summed E-state index contributed by atoms with van der Waals surface area (Å²) in [7, 11) is -3.78. The molecule has 4 rings (SSSR count). The lowest BCUT2D eigenvalue weighted by Gasteiger charge is -2.20. The van der Waals surface area contributed by atoms with E-state index in [4.69, 9.17) is 0 Å². The molecule has 0 saturated carbocycles. The van der Waals surface area contributed by atoms with Gasteiger partial charge in [-0.3, -0.25) is 10.1 Å². The van der Waals surface area contributed by atoms with Gasteiger partial charge in [0.25, 0.3) is 11.5 Å². The SMILES string of the molecule is O=[N+]([O-])c1cc(S(=O)(=O)N2CCCCCC2)ccc1Sc1nc2ncccn2n1. The first kappa shape index (κ1) is 19.7. The van der Waals surface area contributed by atoms with Gasteiger partial charge < -0.3 is 0 Å². The first-order chi connectivity index (χ1) is 13.9. The molecule has 0 bridgehead atoms. The normalized spacial score (nSPS) is 16.0. The highest BCUT2D eigenvalue weighted by Crippen LogP contribution is 2.35. The van der Waals surface area contributed by atoms with E-state index in [-0.39, 0.29) is 20.6 Å². The summed E-state index contributed by atoms with van der Waals surface area (Å²) >= 11 is 0.993. The van der Waals surface area contributed by atoms with Gasteiger partial charge in [0, 0.05) is 31.5 Å². The van der Waals surface area contributed by atoms with Crippen molar-refractivity contribution in [2.24, 2.45) is 0 Å². The first-order valence-electron chi connectivity index (χ1n) is 9.09. The van der Waals surface area contributed by atoms with E-state index in [0.29, 0.717) is 18.9 Å². The molecule has 3 aromatic rings. The topological polar surface area (TPSA) is 124 Å². The number of nitro groups is 1. The highest BCUT2D eigenvalue weighted by atomic mass is 32.2. The number of fused-ring (bicyclic) bond motifs is 1. The molecule has 29 heavy (non-hydrogen) atoms. The summed E-state index contributed by atoms with van der Waals surface area (Å²) in [4.78, 5) is 19.5. The number of aromatic nitrogens is 4. The summed E-state index contributed by atoms with van der Waals surface area (Å²) in [6, 6.07) is 5.66. The maximum Gasteiger partial charge on any atom is 0.284 e. The second-order valence-electron chi connectivity index (χ2n) is 6.57. The van der Waals surface area contributed by atoms with Crippen molar-refractivity contribution in [3.63, 3.8) is 0 Å². The highest BCUT2D eigenvalue weighted by molar-refractivity contribution is 7.99. The number of nitro benzene ring substituents is 1. The Morgan fingerprint density at radius 1 is 1.14 bits per heavy atom. The van der Waals surface area contributed by atoms with Crippen molar-refractivity contribution < 1.29 is 13.3 Å². The molecule has 0 amide bonds. The molecule has 1 aliphatic rings. The van der Waals surface area contributed by atoms with Gasteiger partial charge in [0.2, 0.25) is 15.2 Å². The Bertz CT molecular complexity index is 1120. The van der Waals surface area contributed by atoms with Crippen LogP contribution in [0.15, 0.2) is 51.6 Å². The number of hydrogen-bond acceptors (Lipinski definition) is 8. The van der Waals surface area contributed by atoms with E-state index >= 15 is 0 Å². The summed E-state index contributed by atoms with van der Waals surface area (Å²) in [5.74, 6) is 0.373. The van der Waals surface area contributed by atoms with Crippen molar-refractivity contribution in [1.82, 2.24) is 23.9 Å². The van der Waals surface area contributed by atoms with Crippen LogP contribution in [0.5, 0.6) is 0 Å². The molecule has 0 unspecified atom stereocenters. The van der Waals surface area contributed by atoms with Crippen LogP contribution in [0.2, 0.25) is 0 Å². The number of rotatable bonds is 5. The zero-order valence-electron chi connectivity index (χ0n) is 15.3. The Morgan fingerprint density at radius 2 is 1.90 bits per heavy atom. The van der Waals surface area contributed by atoms with Crippen LogP contribution in [-0.2, 0) is 10.0 Å². The van der Waals surface area contributed by atoms with Crippen molar-refractivity contribution in [3.8, 4) is 0 Å². The molecule has 0 N–H and O–H groups in total. The maximum absolute atomic E-state index is 13.0. The zero-order valence-corrected chi connectivity index (χ0v) is 17.0. The van der Waals surface area contributed by atoms with Crippen molar-refractivity contribution in [3.05, 3.63) is 46.8 Å².